The molecule has 1 aromatic carbocycles. The van der Waals surface area contributed by atoms with Gasteiger partial charge in [-0.25, -0.2) is 13.5 Å². The maximum absolute atomic E-state index is 14.2. The Morgan fingerprint density at radius 3 is 2.68 bits per heavy atom. The fourth-order valence-corrected chi connectivity index (χ4v) is 6.83. The average molecular weight is 594 g/mol. The molecule has 13 heteroatoms. The summed E-state index contributed by atoms with van der Waals surface area (Å²) in [5, 5.41) is 18.1. The van der Waals surface area contributed by atoms with Gasteiger partial charge in [-0.3, -0.25) is 14.4 Å². The van der Waals surface area contributed by atoms with Crippen LogP contribution in [0.3, 0.4) is 0 Å². The van der Waals surface area contributed by atoms with Crippen LogP contribution in [0.4, 0.5) is 8.78 Å². The lowest BCUT2D eigenvalue weighted by atomic mass is 9.66. The highest BCUT2D eigenvalue weighted by atomic mass is 35.5. The first-order valence-corrected chi connectivity index (χ1v) is 14.3. The summed E-state index contributed by atoms with van der Waals surface area (Å²) in [6.07, 6.45) is 1.07. The largest absolute Gasteiger partial charge is 0.487 e. The van der Waals surface area contributed by atoms with E-state index in [-0.39, 0.29) is 36.4 Å². The molecule has 5 rings (SSSR count). The summed E-state index contributed by atoms with van der Waals surface area (Å²) >= 11 is 6.63. The van der Waals surface area contributed by atoms with E-state index in [1.807, 2.05) is 0 Å². The van der Waals surface area contributed by atoms with Crippen LogP contribution in [0.2, 0.25) is 5.02 Å². The zero-order chi connectivity index (χ0) is 29.5. The van der Waals surface area contributed by atoms with Crippen molar-refractivity contribution in [3.8, 4) is 5.75 Å². The minimum atomic E-state index is -2.80. The van der Waals surface area contributed by atoms with Gasteiger partial charge in [0.15, 0.2) is 0 Å². The summed E-state index contributed by atoms with van der Waals surface area (Å²) in [5.74, 6) is -1.66. The number of carboxylic acids is 1. The number of benzene rings is 1. The van der Waals surface area contributed by atoms with Crippen molar-refractivity contribution >= 4 is 29.4 Å². The highest BCUT2D eigenvalue weighted by molar-refractivity contribution is 6.31. The molecule has 1 aliphatic carbocycles. The van der Waals surface area contributed by atoms with Gasteiger partial charge in [-0.1, -0.05) is 29.7 Å². The third kappa shape index (κ3) is 5.38. The van der Waals surface area contributed by atoms with Crippen LogP contribution in [0.15, 0.2) is 12.1 Å². The van der Waals surface area contributed by atoms with E-state index in [0.29, 0.717) is 61.5 Å². The number of likely N-dealkylation sites (tertiary alicyclic amines) is 1. The van der Waals surface area contributed by atoms with Crippen LogP contribution < -0.4 is 4.74 Å². The molecule has 1 saturated carbocycles. The van der Waals surface area contributed by atoms with Crippen molar-refractivity contribution in [1.29, 1.82) is 0 Å². The number of carbonyl (C=O) groups is 3. The maximum Gasteiger partial charge on any atom is 0.310 e. The van der Waals surface area contributed by atoms with Crippen molar-refractivity contribution < 1.29 is 33.0 Å². The Morgan fingerprint density at radius 2 is 2.00 bits per heavy atom. The summed E-state index contributed by atoms with van der Waals surface area (Å²) in [6, 6.07) is 2.64. The average Bonchev–Trinajstić information content (AvgIpc) is 3.52. The molecule has 3 heterocycles. The van der Waals surface area contributed by atoms with Gasteiger partial charge in [-0.2, -0.15) is 0 Å². The van der Waals surface area contributed by atoms with Crippen molar-refractivity contribution in [2.45, 2.75) is 70.9 Å². The van der Waals surface area contributed by atoms with Crippen molar-refractivity contribution in [2.75, 3.05) is 19.6 Å². The summed E-state index contributed by atoms with van der Waals surface area (Å²) in [4.78, 5) is 42.7. The van der Waals surface area contributed by atoms with E-state index in [9.17, 15) is 28.3 Å². The monoisotopic (exact) mass is 593 g/mol. The number of nitrogens with zero attached hydrogens (tertiary/aromatic N) is 5. The number of alkyl halides is 2. The molecule has 222 valence electrons. The molecule has 1 aromatic heterocycles. The predicted octanol–water partition coefficient (Wildman–Crippen LogP) is 4.31. The number of aromatic nitrogens is 3. The second kappa shape index (κ2) is 11.5. The zero-order valence-electron chi connectivity index (χ0n) is 23.1. The van der Waals surface area contributed by atoms with Gasteiger partial charge >= 0.3 is 5.97 Å². The number of hydrogen-bond acceptors (Lipinski definition) is 6. The minimum Gasteiger partial charge on any atom is -0.487 e. The first-order valence-electron chi connectivity index (χ1n) is 13.9. The molecule has 0 spiro atoms. The SMILES string of the molecule is Cn1nnc(COc2ccc(Cl)c3c2[C@@H](CN2CCCC2=O)N(C(=O)C2CCCCC2(C)C(=O)O)CC3)c1C(F)F. The molecule has 2 aliphatic heterocycles. The molecule has 3 aliphatic rings. The number of ether oxygens (including phenoxy) is 1. The molecule has 3 atom stereocenters. The van der Waals surface area contributed by atoms with Gasteiger partial charge in [0, 0.05) is 43.7 Å². The Kier molecular flexibility index (Phi) is 8.22. The standard InChI is InChI=1S/C28H34ClF2N5O5/c1-28(27(39)40)11-4-3-6-17(28)26(38)36-13-10-16-18(29)8-9-21(23(16)20(36)14-35-12-5-7-22(35)37)41-15-19-24(25(30)31)34(2)33-32-19/h8-9,17,20,25H,3-7,10-15H2,1-2H3,(H,39,40)/t17?,20-,28?/m1/s1. The van der Waals surface area contributed by atoms with Crippen LogP contribution in [0.1, 0.15) is 80.4 Å². The molecular formula is C28H34ClF2N5O5. The molecule has 41 heavy (non-hydrogen) atoms. The first kappa shape index (κ1) is 29.2. The topological polar surface area (TPSA) is 118 Å². The van der Waals surface area contributed by atoms with Crippen LogP contribution >= 0.6 is 11.6 Å². The number of aryl methyl sites for hydroxylation is 1. The molecular weight excluding hydrogens is 560 g/mol. The van der Waals surface area contributed by atoms with E-state index in [1.54, 1.807) is 28.9 Å². The van der Waals surface area contributed by atoms with Gasteiger partial charge in [-0.15, -0.1) is 5.10 Å². The maximum atomic E-state index is 14.2. The molecule has 2 unspecified atom stereocenters. The number of aliphatic carboxylic acids is 1. The fourth-order valence-electron chi connectivity index (χ4n) is 6.57. The van der Waals surface area contributed by atoms with E-state index in [4.69, 9.17) is 16.3 Å². The van der Waals surface area contributed by atoms with E-state index in [1.165, 1.54) is 7.05 Å². The van der Waals surface area contributed by atoms with Gasteiger partial charge in [0.25, 0.3) is 6.43 Å². The predicted molar refractivity (Wildman–Crippen MR) is 143 cm³/mol. The van der Waals surface area contributed by atoms with Crippen molar-refractivity contribution in [3.05, 3.63) is 39.7 Å². The zero-order valence-corrected chi connectivity index (χ0v) is 23.9. The lowest BCUT2D eigenvalue weighted by Gasteiger charge is -2.45. The van der Waals surface area contributed by atoms with Crippen molar-refractivity contribution in [3.63, 3.8) is 0 Å². The first-order chi connectivity index (χ1) is 19.5. The van der Waals surface area contributed by atoms with Gasteiger partial charge < -0.3 is 19.6 Å². The van der Waals surface area contributed by atoms with Crippen LogP contribution in [0, 0.1) is 11.3 Å². The number of halogens is 3. The second-order valence-corrected chi connectivity index (χ2v) is 11.7. The number of carboxylic acid groups (broad SMARTS) is 1. The Morgan fingerprint density at radius 1 is 1.22 bits per heavy atom. The minimum absolute atomic E-state index is 0.0133. The van der Waals surface area contributed by atoms with Crippen LogP contribution in [-0.2, 0) is 34.5 Å². The highest BCUT2D eigenvalue weighted by Gasteiger charge is 2.50. The fraction of sp³-hybridized carbons (Fsp3) is 0.607. The molecule has 1 N–H and O–H groups in total. The molecule has 2 aromatic rings. The number of hydrogen-bond donors (Lipinski definition) is 1. The summed E-state index contributed by atoms with van der Waals surface area (Å²) < 4.78 is 34.4. The molecule has 0 bridgehead atoms. The Hall–Kier alpha value is -3.28. The normalized spacial score (nSPS) is 24.6. The lowest BCUT2D eigenvalue weighted by molar-refractivity contribution is -0.162. The number of amides is 2. The Bertz CT molecular complexity index is 1350. The number of fused-ring (bicyclic) bond motifs is 1. The van der Waals surface area contributed by atoms with Crippen LogP contribution in [0.25, 0.3) is 0 Å². The third-order valence-electron chi connectivity index (χ3n) is 8.93. The molecule has 2 fully saturated rings. The summed E-state index contributed by atoms with van der Waals surface area (Å²) in [5.41, 5.74) is -0.209. The second-order valence-electron chi connectivity index (χ2n) is 11.3. The van der Waals surface area contributed by atoms with Gasteiger partial charge in [-0.05, 0) is 50.3 Å². The third-order valence-corrected chi connectivity index (χ3v) is 9.28. The van der Waals surface area contributed by atoms with E-state index >= 15 is 0 Å². The summed E-state index contributed by atoms with van der Waals surface area (Å²) in [7, 11) is 1.38. The van der Waals surface area contributed by atoms with Crippen molar-refractivity contribution in [2.24, 2.45) is 18.4 Å². The van der Waals surface area contributed by atoms with Gasteiger partial charge in [0.05, 0.1) is 17.4 Å². The molecule has 0 radical (unpaired) electrons. The van der Waals surface area contributed by atoms with Crippen LogP contribution in [0.5, 0.6) is 5.75 Å². The van der Waals surface area contributed by atoms with Gasteiger partial charge in [0.2, 0.25) is 11.8 Å². The summed E-state index contributed by atoms with van der Waals surface area (Å²) in [6.45, 7) is 2.38. The molecule has 2 amide bonds. The quantitative estimate of drug-likeness (QED) is 0.484. The number of carbonyl (C=O) groups excluding carboxylic acids is 2. The van der Waals surface area contributed by atoms with Gasteiger partial charge in [0.1, 0.15) is 23.7 Å². The van der Waals surface area contributed by atoms with Crippen molar-refractivity contribution in [1.82, 2.24) is 24.8 Å². The molecule has 1 saturated heterocycles. The van der Waals surface area contributed by atoms with E-state index < -0.39 is 29.8 Å². The number of rotatable bonds is 8. The Labute approximate surface area is 241 Å². The van der Waals surface area contributed by atoms with E-state index in [0.717, 1.165) is 23.1 Å². The Balaban J connectivity index is 1.53. The lowest BCUT2D eigenvalue weighted by Crippen LogP contribution is -2.52. The smallest absolute Gasteiger partial charge is 0.310 e. The molecule has 10 nitrogen and oxygen atoms in total. The van der Waals surface area contributed by atoms with Crippen LogP contribution in [-0.4, -0.2) is 67.3 Å². The van der Waals surface area contributed by atoms with E-state index in [2.05, 4.69) is 10.3 Å². The highest BCUT2D eigenvalue weighted by Crippen LogP contribution is 2.46.